The molecule has 2 N–H and O–H groups in total. The molecule has 0 saturated carbocycles. The van der Waals surface area contributed by atoms with E-state index in [-0.39, 0.29) is 12.2 Å². The fraction of sp³-hybridized carbons (Fsp3) is 1.00. The molecule has 0 aliphatic rings. The summed E-state index contributed by atoms with van der Waals surface area (Å²) < 4.78 is 0. The predicted octanol–water partition coefficient (Wildman–Crippen LogP) is 10.9. The Hall–Kier alpha value is 0.230. The number of unbranched alkanes of at least 4 members (excludes halogenated alkanes) is 23. The van der Waals surface area contributed by atoms with E-state index in [0.717, 1.165) is 50.8 Å². The zero-order chi connectivity index (χ0) is 29.4. The maximum Gasteiger partial charge on any atom is 0.0667 e. The topological polar surface area (TPSA) is 43.7 Å². The number of aliphatic hydroxyl groups excluding tert-OH is 2. The van der Waals surface area contributed by atoms with E-state index in [2.05, 4.69) is 31.4 Å². The van der Waals surface area contributed by atoms with Crippen LogP contribution in [0.1, 0.15) is 194 Å². The molecule has 40 heavy (non-hydrogen) atoms. The van der Waals surface area contributed by atoms with E-state index in [4.69, 9.17) is 0 Å². The lowest BCUT2D eigenvalue weighted by Gasteiger charge is -2.27. The third-order valence-corrected chi connectivity index (χ3v) is 8.92. The molecule has 2 atom stereocenters. The van der Waals surface area contributed by atoms with Crippen molar-refractivity contribution in [1.82, 2.24) is 4.90 Å². The Kier molecular flexibility index (Phi) is 33.9. The third-order valence-electron chi connectivity index (χ3n) is 8.60. The van der Waals surface area contributed by atoms with Crippen LogP contribution in [0.15, 0.2) is 0 Å². The Balaban J connectivity index is 3.85. The molecule has 0 heterocycles. The van der Waals surface area contributed by atoms with Crippen molar-refractivity contribution < 1.29 is 10.2 Å². The second-order valence-corrected chi connectivity index (χ2v) is 13.3. The first-order valence-electron chi connectivity index (χ1n) is 18.3. The summed E-state index contributed by atoms with van der Waals surface area (Å²) in [6.45, 7) is 6.95. The summed E-state index contributed by atoms with van der Waals surface area (Å²) in [6, 6.07) is 0. The Morgan fingerprint density at radius 1 is 0.425 bits per heavy atom. The van der Waals surface area contributed by atoms with Gasteiger partial charge < -0.3 is 10.2 Å². The first-order chi connectivity index (χ1) is 19.6. The van der Waals surface area contributed by atoms with Crippen LogP contribution >= 0.6 is 12.6 Å². The van der Waals surface area contributed by atoms with Gasteiger partial charge in [-0.15, -0.1) is 0 Å². The van der Waals surface area contributed by atoms with Crippen LogP contribution < -0.4 is 0 Å². The number of nitrogens with zero attached hydrogens (tertiary/aromatic N) is 1. The number of thiol groups is 1. The molecule has 0 aromatic heterocycles. The van der Waals surface area contributed by atoms with Gasteiger partial charge in [0.1, 0.15) is 0 Å². The van der Waals surface area contributed by atoms with Gasteiger partial charge in [0.15, 0.2) is 0 Å². The molecule has 0 aromatic carbocycles. The molecule has 3 nitrogen and oxygen atoms in total. The van der Waals surface area contributed by atoms with Crippen LogP contribution in [0.3, 0.4) is 0 Å². The van der Waals surface area contributed by atoms with Gasteiger partial charge in [0.25, 0.3) is 0 Å². The summed E-state index contributed by atoms with van der Waals surface area (Å²) >= 11 is 4.36. The average Bonchev–Trinajstić information content (AvgIpc) is 2.94. The minimum Gasteiger partial charge on any atom is -0.392 e. The van der Waals surface area contributed by atoms with E-state index in [1.807, 2.05) is 0 Å². The molecule has 0 aliphatic heterocycles. The Bertz CT molecular complexity index is 428. The van der Waals surface area contributed by atoms with Crippen molar-refractivity contribution in [3.63, 3.8) is 0 Å². The largest absolute Gasteiger partial charge is 0.392 e. The summed E-state index contributed by atoms with van der Waals surface area (Å²) in [5.41, 5.74) is 0. The van der Waals surface area contributed by atoms with Gasteiger partial charge in [-0.2, -0.15) is 12.6 Å². The van der Waals surface area contributed by atoms with Gasteiger partial charge >= 0.3 is 0 Å². The van der Waals surface area contributed by atoms with Crippen LogP contribution in [0.2, 0.25) is 0 Å². The highest BCUT2D eigenvalue weighted by Crippen LogP contribution is 2.15. The van der Waals surface area contributed by atoms with E-state index in [0.29, 0.717) is 13.1 Å². The van der Waals surface area contributed by atoms with Gasteiger partial charge in [0, 0.05) is 13.1 Å². The zero-order valence-electron chi connectivity index (χ0n) is 27.6. The fourth-order valence-corrected chi connectivity index (χ4v) is 6.15. The highest BCUT2D eigenvalue weighted by molar-refractivity contribution is 7.80. The van der Waals surface area contributed by atoms with Crippen LogP contribution in [0.4, 0.5) is 0 Å². The lowest BCUT2D eigenvalue weighted by Crippen LogP contribution is -2.38. The molecule has 0 amide bonds. The zero-order valence-corrected chi connectivity index (χ0v) is 28.5. The normalized spacial score (nSPS) is 13.3. The number of aliphatic hydroxyl groups is 2. The van der Waals surface area contributed by atoms with Crippen LogP contribution in [0, 0.1) is 0 Å². The monoisotopic (exact) mass is 586 g/mol. The Labute approximate surface area is 258 Å². The summed E-state index contributed by atoms with van der Waals surface area (Å²) in [4.78, 5) is 2.32. The lowest BCUT2D eigenvalue weighted by atomic mass is 10.0. The molecule has 0 aromatic rings. The number of rotatable bonds is 34. The highest BCUT2D eigenvalue weighted by atomic mass is 32.1. The van der Waals surface area contributed by atoms with Crippen molar-refractivity contribution in [3.8, 4) is 0 Å². The van der Waals surface area contributed by atoms with Gasteiger partial charge in [-0.1, -0.05) is 168 Å². The van der Waals surface area contributed by atoms with Crippen molar-refractivity contribution >= 4 is 12.6 Å². The SMILES string of the molecule is CCCCCCCCCCCCCCC(O)CN(CCCCS)CC(O)CCCCCCCCCCCCCC. The maximum atomic E-state index is 10.7. The standard InChI is InChI=1S/C36H75NO2S/c1-3-5-7-9-11-13-15-17-19-21-23-25-29-35(38)33-37(31-27-28-32-40)34-36(39)30-26-24-22-20-18-16-14-12-10-8-6-4-2/h35-36,38-40H,3-34H2,1-2H3. The first-order valence-corrected chi connectivity index (χ1v) is 19.0. The van der Waals surface area contributed by atoms with E-state index in [1.54, 1.807) is 0 Å². The van der Waals surface area contributed by atoms with Gasteiger partial charge in [0.2, 0.25) is 0 Å². The van der Waals surface area contributed by atoms with Crippen LogP contribution in [0.5, 0.6) is 0 Å². The molecular weight excluding hydrogens is 510 g/mol. The molecule has 2 unspecified atom stereocenters. The summed E-state index contributed by atoms with van der Waals surface area (Å²) in [5.74, 6) is 0.913. The maximum absolute atomic E-state index is 10.7. The average molecular weight is 586 g/mol. The minimum atomic E-state index is -0.266. The van der Waals surface area contributed by atoms with E-state index in [1.165, 1.54) is 141 Å². The van der Waals surface area contributed by atoms with E-state index >= 15 is 0 Å². The Morgan fingerprint density at radius 2 is 0.725 bits per heavy atom. The van der Waals surface area contributed by atoms with Crippen molar-refractivity contribution in [1.29, 1.82) is 0 Å². The van der Waals surface area contributed by atoms with Crippen LogP contribution in [0.25, 0.3) is 0 Å². The minimum absolute atomic E-state index is 0.266. The smallest absolute Gasteiger partial charge is 0.0667 e. The van der Waals surface area contributed by atoms with E-state index < -0.39 is 0 Å². The fourth-order valence-electron chi connectivity index (χ4n) is 5.92. The Morgan fingerprint density at radius 3 is 1.02 bits per heavy atom. The molecule has 0 rings (SSSR count). The second kappa shape index (κ2) is 33.7. The van der Waals surface area contributed by atoms with Crippen molar-refractivity contribution in [2.24, 2.45) is 0 Å². The lowest BCUT2D eigenvalue weighted by molar-refractivity contribution is 0.0599. The highest BCUT2D eigenvalue weighted by Gasteiger charge is 2.15. The van der Waals surface area contributed by atoms with Gasteiger partial charge in [-0.05, 0) is 38.0 Å². The van der Waals surface area contributed by atoms with Crippen molar-refractivity contribution in [2.75, 3.05) is 25.4 Å². The molecular formula is C36H75NO2S. The molecule has 0 bridgehead atoms. The number of hydrogen-bond donors (Lipinski definition) is 3. The van der Waals surface area contributed by atoms with Gasteiger partial charge in [0.05, 0.1) is 12.2 Å². The molecule has 0 fully saturated rings. The van der Waals surface area contributed by atoms with Crippen LogP contribution in [-0.4, -0.2) is 52.7 Å². The first kappa shape index (κ1) is 40.2. The molecule has 4 heteroatoms. The van der Waals surface area contributed by atoms with Crippen molar-refractivity contribution in [3.05, 3.63) is 0 Å². The molecule has 0 spiro atoms. The summed E-state index contributed by atoms with van der Waals surface area (Å²) in [6.07, 6.45) is 35.9. The summed E-state index contributed by atoms with van der Waals surface area (Å²) in [7, 11) is 0. The predicted molar refractivity (Wildman–Crippen MR) is 183 cm³/mol. The van der Waals surface area contributed by atoms with E-state index in [9.17, 15) is 10.2 Å². The third kappa shape index (κ3) is 31.2. The van der Waals surface area contributed by atoms with Gasteiger partial charge in [-0.25, -0.2) is 0 Å². The number of hydrogen-bond acceptors (Lipinski definition) is 4. The quantitative estimate of drug-likeness (QED) is 0.0520. The summed E-state index contributed by atoms with van der Waals surface area (Å²) in [5, 5.41) is 21.4. The molecule has 0 radical (unpaired) electrons. The molecule has 0 aliphatic carbocycles. The van der Waals surface area contributed by atoms with Crippen molar-refractivity contribution in [2.45, 2.75) is 206 Å². The molecule has 0 saturated heterocycles. The second-order valence-electron chi connectivity index (χ2n) is 12.9. The molecule has 242 valence electrons. The van der Waals surface area contributed by atoms with Gasteiger partial charge in [-0.3, -0.25) is 4.90 Å². The van der Waals surface area contributed by atoms with Crippen LogP contribution in [-0.2, 0) is 0 Å².